The number of hydrogen-bond acceptors (Lipinski definition) is 6. The summed E-state index contributed by atoms with van der Waals surface area (Å²) in [5.74, 6) is 0.588. The van der Waals surface area contributed by atoms with Gasteiger partial charge in [-0.2, -0.15) is 10.1 Å². The van der Waals surface area contributed by atoms with Crippen molar-refractivity contribution in [2.45, 2.75) is 38.3 Å². The zero-order chi connectivity index (χ0) is 19.3. The molecular formula is C19H20N8O. The van der Waals surface area contributed by atoms with E-state index in [1.165, 1.54) is 6.33 Å². The van der Waals surface area contributed by atoms with Crippen LogP contribution in [0.2, 0.25) is 0 Å². The van der Waals surface area contributed by atoms with Crippen LogP contribution in [0, 0.1) is 0 Å². The predicted octanol–water partition coefficient (Wildman–Crippen LogP) is 2.14. The van der Waals surface area contributed by atoms with Crippen LogP contribution in [0.25, 0.3) is 27.8 Å². The first kappa shape index (κ1) is 16.7. The van der Waals surface area contributed by atoms with Crippen LogP contribution in [0.1, 0.15) is 26.7 Å². The fourth-order valence-electron chi connectivity index (χ4n) is 4.04. The number of hydrogen-bond donors (Lipinski definition) is 3. The van der Waals surface area contributed by atoms with Gasteiger partial charge in [0, 0.05) is 48.0 Å². The molecule has 142 valence electrons. The number of nitrogens with one attached hydrogen (secondary N) is 3. The number of aromatic nitrogens is 6. The molecule has 1 aliphatic rings. The fourth-order valence-corrected chi connectivity index (χ4v) is 4.04. The van der Waals surface area contributed by atoms with Gasteiger partial charge in [0.15, 0.2) is 5.65 Å². The zero-order valence-electron chi connectivity index (χ0n) is 15.6. The molecule has 4 heterocycles. The third-order valence-electron chi connectivity index (χ3n) is 5.23. The molecule has 0 radical (unpaired) electrons. The summed E-state index contributed by atoms with van der Waals surface area (Å²) in [6.45, 7) is 3.60. The number of rotatable bonds is 4. The molecule has 1 fully saturated rings. The number of aromatic amines is 1. The van der Waals surface area contributed by atoms with Gasteiger partial charge in [0.1, 0.15) is 12.0 Å². The molecule has 1 aliphatic carbocycles. The summed E-state index contributed by atoms with van der Waals surface area (Å²) < 4.78 is 1.73. The second kappa shape index (κ2) is 6.01. The molecule has 1 saturated carbocycles. The Morgan fingerprint density at radius 1 is 1.36 bits per heavy atom. The van der Waals surface area contributed by atoms with Crippen molar-refractivity contribution in [1.29, 1.82) is 0 Å². The first-order valence-electron chi connectivity index (χ1n) is 9.18. The Labute approximate surface area is 160 Å². The average molecular weight is 376 g/mol. The van der Waals surface area contributed by atoms with Crippen LogP contribution in [0.3, 0.4) is 0 Å². The van der Waals surface area contributed by atoms with E-state index >= 15 is 0 Å². The Morgan fingerprint density at radius 2 is 2.21 bits per heavy atom. The van der Waals surface area contributed by atoms with E-state index in [0.717, 1.165) is 40.6 Å². The minimum absolute atomic E-state index is 0.00171. The van der Waals surface area contributed by atoms with E-state index in [-0.39, 0.29) is 17.5 Å². The molecule has 28 heavy (non-hydrogen) atoms. The molecule has 0 unspecified atom stereocenters. The predicted molar refractivity (Wildman–Crippen MR) is 105 cm³/mol. The van der Waals surface area contributed by atoms with Gasteiger partial charge in [-0.15, -0.1) is 0 Å². The number of fused-ring (bicyclic) bond motifs is 2. The topological polar surface area (TPSA) is 113 Å². The zero-order valence-corrected chi connectivity index (χ0v) is 15.6. The van der Waals surface area contributed by atoms with Gasteiger partial charge in [-0.3, -0.25) is 4.79 Å². The lowest BCUT2D eigenvalue weighted by molar-refractivity contribution is -0.121. The first-order valence-corrected chi connectivity index (χ1v) is 9.18. The Hall–Kier alpha value is -3.49. The van der Waals surface area contributed by atoms with Crippen molar-refractivity contribution in [3.8, 4) is 11.1 Å². The molecular weight excluding hydrogens is 356 g/mol. The van der Waals surface area contributed by atoms with E-state index in [1.807, 2.05) is 30.7 Å². The summed E-state index contributed by atoms with van der Waals surface area (Å²) in [4.78, 5) is 27.8. The number of nitrogens with zero attached hydrogens (tertiary/aromatic N) is 5. The Balaban J connectivity index is 1.36. The Kier molecular flexibility index (Phi) is 3.58. The van der Waals surface area contributed by atoms with Crippen LogP contribution in [0.4, 0.5) is 5.95 Å². The van der Waals surface area contributed by atoms with Gasteiger partial charge >= 0.3 is 0 Å². The van der Waals surface area contributed by atoms with Crippen molar-refractivity contribution in [2.24, 2.45) is 0 Å². The number of pyridine rings is 1. The largest absolute Gasteiger partial charge is 0.351 e. The van der Waals surface area contributed by atoms with E-state index < -0.39 is 0 Å². The van der Waals surface area contributed by atoms with Crippen molar-refractivity contribution < 1.29 is 4.79 Å². The second-order valence-electron chi connectivity index (χ2n) is 7.63. The normalized spacial score (nSPS) is 21.6. The monoisotopic (exact) mass is 376 g/mol. The van der Waals surface area contributed by atoms with Crippen molar-refractivity contribution in [3.63, 3.8) is 0 Å². The van der Waals surface area contributed by atoms with E-state index in [2.05, 4.69) is 42.6 Å². The van der Waals surface area contributed by atoms with E-state index in [1.54, 1.807) is 11.4 Å². The van der Waals surface area contributed by atoms with Crippen molar-refractivity contribution in [2.75, 3.05) is 5.32 Å². The van der Waals surface area contributed by atoms with Crippen molar-refractivity contribution >= 4 is 28.5 Å². The molecule has 0 aliphatic heterocycles. The highest BCUT2D eigenvalue weighted by atomic mass is 16.1. The van der Waals surface area contributed by atoms with E-state index in [4.69, 9.17) is 0 Å². The molecule has 9 nitrogen and oxygen atoms in total. The highest BCUT2D eigenvalue weighted by Gasteiger charge is 2.41. The molecule has 1 amide bonds. The van der Waals surface area contributed by atoms with Gasteiger partial charge in [0.05, 0.1) is 0 Å². The van der Waals surface area contributed by atoms with Crippen LogP contribution in [0.15, 0.2) is 37.1 Å². The van der Waals surface area contributed by atoms with Crippen LogP contribution in [-0.4, -0.2) is 47.0 Å². The summed E-state index contributed by atoms with van der Waals surface area (Å²) in [7, 11) is 0. The lowest BCUT2D eigenvalue weighted by Crippen LogP contribution is -2.59. The molecule has 9 heteroatoms. The smallest absolute Gasteiger partial charge is 0.224 e. The second-order valence-corrected chi connectivity index (χ2v) is 7.63. The van der Waals surface area contributed by atoms with Gasteiger partial charge in [-0.1, -0.05) is 0 Å². The standard InChI is InChI=1S/C19H20N8O/c1-11(28)26-19(2)6-13(7-19)24-18-21-9-15-14(8-20-17(15)25-18)12-3-4-27-16(5-12)22-10-23-27/h3-5,8-10,13H,6-7H2,1-2H3,(H,26,28)(H2,20,21,24,25)/t13-,19-. The van der Waals surface area contributed by atoms with Gasteiger partial charge in [-0.25, -0.2) is 14.5 Å². The summed E-state index contributed by atoms with van der Waals surface area (Å²) >= 11 is 0. The molecule has 4 aromatic heterocycles. The van der Waals surface area contributed by atoms with Crippen LogP contribution < -0.4 is 10.6 Å². The van der Waals surface area contributed by atoms with E-state index in [0.29, 0.717) is 5.95 Å². The molecule has 3 N–H and O–H groups in total. The molecule has 0 atom stereocenters. The average Bonchev–Trinajstić information content (AvgIpc) is 3.25. The third-order valence-corrected chi connectivity index (χ3v) is 5.23. The molecule has 5 rings (SSSR count). The van der Waals surface area contributed by atoms with Gasteiger partial charge in [-0.05, 0) is 37.5 Å². The number of carbonyl (C=O) groups is 1. The minimum atomic E-state index is -0.145. The molecule has 0 bridgehead atoms. The maximum atomic E-state index is 11.3. The maximum absolute atomic E-state index is 11.3. The maximum Gasteiger partial charge on any atom is 0.224 e. The molecule has 4 aromatic rings. The molecule has 0 aromatic carbocycles. The number of carbonyl (C=O) groups excluding carboxylic acids is 1. The highest BCUT2D eigenvalue weighted by molar-refractivity contribution is 5.93. The summed E-state index contributed by atoms with van der Waals surface area (Å²) in [5.41, 5.74) is 3.47. The minimum Gasteiger partial charge on any atom is -0.351 e. The van der Waals surface area contributed by atoms with Crippen molar-refractivity contribution in [1.82, 2.24) is 34.9 Å². The lowest BCUT2D eigenvalue weighted by Gasteiger charge is -2.45. The Bertz CT molecular complexity index is 1190. The Morgan fingerprint density at radius 3 is 3.04 bits per heavy atom. The molecule has 0 saturated heterocycles. The number of amides is 1. The van der Waals surface area contributed by atoms with Crippen LogP contribution in [0.5, 0.6) is 0 Å². The van der Waals surface area contributed by atoms with Crippen molar-refractivity contribution in [3.05, 3.63) is 37.1 Å². The fraction of sp³-hybridized carbons (Fsp3) is 0.316. The summed E-state index contributed by atoms with van der Waals surface area (Å²) in [6.07, 6.45) is 8.88. The first-order chi connectivity index (χ1) is 13.5. The summed E-state index contributed by atoms with van der Waals surface area (Å²) in [6, 6.07) is 4.23. The summed E-state index contributed by atoms with van der Waals surface area (Å²) in [5, 5.41) is 11.4. The lowest BCUT2D eigenvalue weighted by atomic mass is 9.74. The van der Waals surface area contributed by atoms with Gasteiger partial charge < -0.3 is 15.6 Å². The highest BCUT2D eigenvalue weighted by Crippen LogP contribution is 2.34. The quantitative estimate of drug-likeness (QED) is 0.503. The number of H-pyrrole nitrogens is 1. The third kappa shape index (κ3) is 2.84. The van der Waals surface area contributed by atoms with Crippen LogP contribution in [-0.2, 0) is 4.79 Å². The number of anilines is 1. The SMILES string of the molecule is CC(=O)N[C@]1(C)C[C@@H](Nc2ncc3c(-c4ccn5ncnc5c4)c[nH]c3n2)C1. The van der Waals surface area contributed by atoms with Gasteiger partial charge in [0.25, 0.3) is 0 Å². The molecule has 0 spiro atoms. The van der Waals surface area contributed by atoms with Gasteiger partial charge in [0.2, 0.25) is 11.9 Å². The van der Waals surface area contributed by atoms with Crippen LogP contribution >= 0.6 is 0 Å². The van der Waals surface area contributed by atoms with E-state index in [9.17, 15) is 4.79 Å².